The van der Waals surface area contributed by atoms with Crippen LogP contribution in [0.25, 0.3) is 10.9 Å². The van der Waals surface area contributed by atoms with Gasteiger partial charge < -0.3 is 10.1 Å². The fourth-order valence-electron chi connectivity index (χ4n) is 2.45. The van der Waals surface area contributed by atoms with E-state index in [1.54, 1.807) is 12.1 Å². The number of carbonyl (C=O) groups excluding carboxylic acids is 1. The summed E-state index contributed by atoms with van der Waals surface area (Å²) in [7, 11) is 0. The third-order valence-electron chi connectivity index (χ3n) is 3.76. The summed E-state index contributed by atoms with van der Waals surface area (Å²) in [6, 6.07) is 12.6. The Kier molecular flexibility index (Phi) is 5.87. The molecule has 0 atom stereocenters. The van der Waals surface area contributed by atoms with Gasteiger partial charge >= 0.3 is 0 Å². The number of benzene rings is 2. The lowest BCUT2D eigenvalue weighted by Crippen LogP contribution is -2.28. The molecule has 0 aliphatic carbocycles. The van der Waals surface area contributed by atoms with Crippen molar-refractivity contribution in [2.24, 2.45) is 0 Å². The van der Waals surface area contributed by atoms with Gasteiger partial charge in [-0.25, -0.2) is 4.98 Å². The first kappa shape index (κ1) is 18.8. The zero-order valence-corrected chi connectivity index (χ0v) is 16.1. The number of nitrogens with zero attached hydrogens (tertiary/aromatic N) is 1. The van der Waals surface area contributed by atoms with Crippen molar-refractivity contribution < 1.29 is 9.53 Å². The van der Waals surface area contributed by atoms with Crippen LogP contribution < -0.4 is 10.1 Å². The Bertz CT molecular complexity index is 976. The number of aryl methyl sites for hydroxylation is 1. The first-order valence-corrected chi connectivity index (χ1v) is 8.97. The average Bonchev–Trinajstić information content (AvgIpc) is 2.60. The molecule has 1 N–H and O–H groups in total. The minimum absolute atomic E-state index is 0.198. The monoisotopic (exact) mass is 408 g/mol. The van der Waals surface area contributed by atoms with E-state index in [9.17, 15) is 4.79 Å². The maximum absolute atomic E-state index is 12.1. The molecule has 0 spiro atoms. The highest BCUT2D eigenvalue weighted by Gasteiger charge is 2.15. The number of pyridine rings is 1. The first-order chi connectivity index (χ1) is 12.5. The molecule has 134 valence electrons. The summed E-state index contributed by atoms with van der Waals surface area (Å²) in [4.78, 5) is 16.6. The van der Waals surface area contributed by atoms with E-state index < -0.39 is 0 Å². The lowest BCUT2D eigenvalue weighted by Gasteiger charge is -2.12. The van der Waals surface area contributed by atoms with Gasteiger partial charge in [0.25, 0.3) is 5.91 Å². The summed E-state index contributed by atoms with van der Waals surface area (Å²) >= 11 is 18.5. The van der Waals surface area contributed by atoms with Gasteiger partial charge in [-0.1, -0.05) is 53.0 Å². The van der Waals surface area contributed by atoms with E-state index in [2.05, 4.69) is 10.3 Å². The maximum Gasteiger partial charge on any atom is 0.258 e. The van der Waals surface area contributed by atoms with Gasteiger partial charge in [0.15, 0.2) is 12.4 Å². The Morgan fingerprint density at radius 3 is 2.62 bits per heavy atom. The van der Waals surface area contributed by atoms with Crippen molar-refractivity contribution in [3.63, 3.8) is 0 Å². The van der Waals surface area contributed by atoms with Gasteiger partial charge in [-0.05, 0) is 36.8 Å². The molecule has 4 nitrogen and oxygen atoms in total. The van der Waals surface area contributed by atoms with E-state index in [0.29, 0.717) is 38.3 Å². The third kappa shape index (κ3) is 4.21. The fraction of sp³-hybridized carbons (Fsp3) is 0.158. The van der Waals surface area contributed by atoms with Crippen molar-refractivity contribution in [1.82, 2.24) is 10.3 Å². The highest BCUT2D eigenvalue weighted by molar-refractivity contribution is 6.39. The summed E-state index contributed by atoms with van der Waals surface area (Å²) in [6.45, 7) is 1.97. The van der Waals surface area contributed by atoms with Crippen molar-refractivity contribution in [3.8, 4) is 5.75 Å². The van der Waals surface area contributed by atoms with Crippen molar-refractivity contribution in [2.75, 3.05) is 6.61 Å². The van der Waals surface area contributed by atoms with Gasteiger partial charge in [-0.2, -0.15) is 0 Å². The number of hydrogen-bond acceptors (Lipinski definition) is 3. The Hall–Kier alpha value is -2.01. The molecular weight excluding hydrogens is 395 g/mol. The molecule has 0 bridgehead atoms. The van der Waals surface area contributed by atoms with Crippen LogP contribution in [0.3, 0.4) is 0 Å². The van der Waals surface area contributed by atoms with Crippen molar-refractivity contribution in [3.05, 3.63) is 68.8 Å². The van der Waals surface area contributed by atoms with Crippen LogP contribution in [-0.2, 0) is 11.3 Å². The molecule has 1 aromatic heterocycles. The number of nitrogens with one attached hydrogen (secondary N) is 1. The van der Waals surface area contributed by atoms with Crippen LogP contribution in [0.15, 0.2) is 42.5 Å². The fourth-order valence-corrected chi connectivity index (χ4v) is 3.22. The Morgan fingerprint density at radius 1 is 1.08 bits per heavy atom. The second-order valence-corrected chi connectivity index (χ2v) is 6.90. The van der Waals surface area contributed by atoms with Gasteiger partial charge in [0.2, 0.25) is 0 Å². The molecule has 7 heteroatoms. The second kappa shape index (κ2) is 8.12. The average molecular weight is 410 g/mol. The minimum Gasteiger partial charge on any atom is -0.480 e. The molecule has 0 radical (unpaired) electrons. The molecule has 0 aliphatic rings. The Labute approximate surface area is 166 Å². The standard InChI is InChI=1S/C19H15Cl3N2O2/c1-11-6-7-13-15(21)8-16(22)19(18(13)24-11)26-10-17(25)23-9-12-4-2-3-5-14(12)20/h2-8H,9-10H2,1H3,(H,23,25). The molecule has 0 fully saturated rings. The number of carbonyl (C=O) groups is 1. The van der Waals surface area contributed by atoms with E-state index in [1.165, 1.54) is 0 Å². The summed E-state index contributed by atoms with van der Waals surface area (Å²) in [5.41, 5.74) is 2.15. The van der Waals surface area contributed by atoms with Crippen LogP contribution >= 0.6 is 34.8 Å². The molecule has 2 aromatic carbocycles. The predicted octanol–water partition coefficient (Wildman–Crippen LogP) is 5.20. The predicted molar refractivity (Wildman–Crippen MR) is 105 cm³/mol. The Morgan fingerprint density at radius 2 is 1.85 bits per heavy atom. The highest BCUT2D eigenvalue weighted by atomic mass is 35.5. The number of aromatic nitrogens is 1. The van der Waals surface area contributed by atoms with E-state index in [1.807, 2.05) is 37.3 Å². The molecule has 0 saturated carbocycles. The second-order valence-electron chi connectivity index (χ2n) is 5.67. The molecule has 0 unspecified atom stereocenters. The maximum atomic E-state index is 12.1. The largest absolute Gasteiger partial charge is 0.480 e. The molecule has 1 amide bonds. The smallest absolute Gasteiger partial charge is 0.258 e. The van der Waals surface area contributed by atoms with Crippen molar-refractivity contribution in [1.29, 1.82) is 0 Å². The van der Waals surface area contributed by atoms with Crippen LogP contribution in [0.2, 0.25) is 15.1 Å². The number of fused-ring (bicyclic) bond motifs is 1. The highest BCUT2D eigenvalue weighted by Crippen LogP contribution is 2.37. The van der Waals surface area contributed by atoms with Crippen LogP contribution in [0, 0.1) is 6.92 Å². The van der Waals surface area contributed by atoms with E-state index in [0.717, 1.165) is 11.3 Å². The normalized spacial score (nSPS) is 10.8. The Balaban J connectivity index is 1.72. The number of hydrogen-bond donors (Lipinski definition) is 1. The summed E-state index contributed by atoms with van der Waals surface area (Å²) < 4.78 is 5.64. The summed E-state index contributed by atoms with van der Waals surface area (Å²) in [6.07, 6.45) is 0. The zero-order chi connectivity index (χ0) is 18.7. The van der Waals surface area contributed by atoms with Crippen LogP contribution in [0.1, 0.15) is 11.3 Å². The lowest BCUT2D eigenvalue weighted by molar-refractivity contribution is -0.123. The van der Waals surface area contributed by atoms with Crippen molar-refractivity contribution >= 4 is 51.6 Å². The van der Waals surface area contributed by atoms with E-state index >= 15 is 0 Å². The van der Waals surface area contributed by atoms with Crippen molar-refractivity contribution in [2.45, 2.75) is 13.5 Å². The lowest BCUT2D eigenvalue weighted by atomic mass is 10.2. The minimum atomic E-state index is -0.295. The van der Waals surface area contributed by atoms with E-state index in [4.69, 9.17) is 39.5 Å². The topological polar surface area (TPSA) is 51.2 Å². The molecule has 3 aromatic rings. The third-order valence-corrected chi connectivity index (χ3v) is 4.72. The van der Waals surface area contributed by atoms with Crippen LogP contribution in [-0.4, -0.2) is 17.5 Å². The summed E-state index contributed by atoms with van der Waals surface area (Å²) in [5, 5.41) is 4.86. The van der Waals surface area contributed by atoms with Crippen LogP contribution in [0.4, 0.5) is 0 Å². The van der Waals surface area contributed by atoms with Gasteiger partial charge in [0.1, 0.15) is 5.52 Å². The molecular formula is C19H15Cl3N2O2. The zero-order valence-electron chi connectivity index (χ0n) is 13.9. The molecule has 1 heterocycles. The van der Waals surface area contributed by atoms with Gasteiger partial charge in [0, 0.05) is 22.6 Å². The molecule has 0 aliphatic heterocycles. The first-order valence-electron chi connectivity index (χ1n) is 7.84. The van der Waals surface area contributed by atoms with Gasteiger partial charge in [-0.3, -0.25) is 4.79 Å². The van der Waals surface area contributed by atoms with Gasteiger partial charge in [0.05, 0.1) is 10.0 Å². The number of rotatable bonds is 5. The number of ether oxygens (including phenoxy) is 1. The quantitative estimate of drug-likeness (QED) is 0.630. The summed E-state index contributed by atoms with van der Waals surface area (Å²) in [5.74, 6) is 0.0411. The molecule has 3 rings (SSSR count). The number of amides is 1. The molecule has 26 heavy (non-hydrogen) atoms. The van der Waals surface area contributed by atoms with Crippen LogP contribution in [0.5, 0.6) is 5.75 Å². The molecule has 0 saturated heterocycles. The SMILES string of the molecule is Cc1ccc2c(Cl)cc(Cl)c(OCC(=O)NCc3ccccc3Cl)c2n1. The van der Waals surface area contributed by atoms with E-state index in [-0.39, 0.29) is 12.5 Å². The number of halogens is 3. The van der Waals surface area contributed by atoms with Gasteiger partial charge in [-0.15, -0.1) is 0 Å².